The van der Waals surface area contributed by atoms with Crippen molar-refractivity contribution in [3.05, 3.63) is 0 Å². The predicted octanol–water partition coefficient (Wildman–Crippen LogP) is -8.27. The van der Waals surface area contributed by atoms with Crippen molar-refractivity contribution in [2.75, 3.05) is 13.2 Å². The first kappa shape index (κ1) is 34.6. The van der Waals surface area contributed by atoms with Gasteiger partial charge in [0.25, 0.3) is 0 Å². The summed E-state index contributed by atoms with van der Waals surface area (Å²) in [6.45, 7) is -1.76. The molecular weight excluding hydrogens is 480 g/mol. The average molecular weight is 508 g/mol. The molecule has 0 aromatic carbocycles. The summed E-state index contributed by atoms with van der Waals surface area (Å²) in [4.78, 5) is 20.4. The Morgan fingerprint density at radius 2 is 0.710 bits per heavy atom. The number of hydrogen-bond acceptors (Lipinski definition) is 14. The Morgan fingerprint density at radius 1 is 0.484 bits per heavy atom. The number of carboxylic acids is 2. The van der Waals surface area contributed by atoms with Crippen LogP contribution >= 0.6 is 0 Å². The van der Waals surface area contributed by atoms with E-state index in [-0.39, 0.29) is 17.1 Å². The molecule has 186 valence electrons. The van der Waals surface area contributed by atoms with E-state index in [1.807, 2.05) is 0 Å². The van der Waals surface area contributed by atoms with Crippen LogP contribution in [0.2, 0.25) is 0 Å². The van der Waals surface area contributed by atoms with Crippen LogP contribution in [0.5, 0.6) is 0 Å². The van der Waals surface area contributed by atoms with Crippen LogP contribution in [-0.2, 0) is 26.7 Å². The van der Waals surface area contributed by atoms with Gasteiger partial charge < -0.3 is 71.5 Å². The number of aliphatic hydroxyl groups excluding tert-OH is 12. The third-order valence-corrected chi connectivity index (χ3v) is 3.72. The molecule has 0 saturated heterocycles. The molecule has 0 aliphatic heterocycles. The molecule has 0 fully saturated rings. The minimum absolute atomic E-state index is 0. The van der Waals surface area contributed by atoms with Gasteiger partial charge in [-0.3, -0.25) is 0 Å². The van der Waals surface area contributed by atoms with E-state index < -0.39 is 86.2 Å². The number of aliphatic hydroxyl groups is 12. The van der Waals surface area contributed by atoms with Gasteiger partial charge in [0.05, 0.1) is 13.2 Å². The van der Waals surface area contributed by atoms with Crippen molar-refractivity contribution in [3.63, 3.8) is 0 Å². The van der Waals surface area contributed by atoms with Crippen LogP contribution < -0.4 is 0 Å². The summed E-state index contributed by atoms with van der Waals surface area (Å²) in [6.07, 6.45) is -20.5. The van der Waals surface area contributed by atoms with Crippen LogP contribution in [-0.4, -0.2) is 158 Å². The molecule has 17 heteroatoms. The number of rotatable bonds is 12. The van der Waals surface area contributed by atoms with Gasteiger partial charge in [-0.15, -0.1) is 0 Å². The molecule has 0 aromatic heterocycles. The van der Waals surface area contributed by atoms with Crippen molar-refractivity contribution in [3.8, 4) is 0 Å². The van der Waals surface area contributed by atoms with E-state index in [2.05, 4.69) is 0 Å². The fourth-order valence-corrected chi connectivity index (χ4v) is 1.74. The minimum Gasteiger partial charge on any atom is -0.479 e. The van der Waals surface area contributed by atoms with Crippen molar-refractivity contribution in [1.29, 1.82) is 0 Å². The van der Waals surface area contributed by atoms with Crippen LogP contribution in [0.25, 0.3) is 0 Å². The maximum Gasteiger partial charge on any atom is 2.00 e. The SMILES string of the molecule is O=C(O)C(O)C(O)C(O)C(O)C(O)CO.O=C(O)C(O)C(O)C(O)C(O)C(O)CO.[Fe+2]. The third kappa shape index (κ3) is 11.4. The number of aliphatic carboxylic acids is 2. The minimum atomic E-state index is -2.29. The van der Waals surface area contributed by atoms with Gasteiger partial charge in [-0.05, 0) is 0 Å². The van der Waals surface area contributed by atoms with Gasteiger partial charge in [0, 0.05) is 0 Å². The van der Waals surface area contributed by atoms with Crippen LogP contribution in [0.1, 0.15) is 0 Å². The second-order valence-corrected chi connectivity index (χ2v) is 6.01. The molecular formula is C14H28FeO16+2. The standard InChI is InChI=1S/2C7H14O8.Fe/c2*8-1-2(9)3(10)4(11)5(12)6(13)7(14)15;/h2*2-6,8-13H,1H2,(H,14,15);/q;;+2. The van der Waals surface area contributed by atoms with E-state index in [0.717, 1.165) is 0 Å². The smallest absolute Gasteiger partial charge is 0.479 e. The summed E-state index contributed by atoms with van der Waals surface area (Å²) in [7, 11) is 0. The van der Waals surface area contributed by atoms with Crippen molar-refractivity contribution in [2.24, 2.45) is 0 Å². The zero-order valence-electron chi connectivity index (χ0n) is 15.6. The monoisotopic (exact) mass is 508 g/mol. The van der Waals surface area contributed by atoms with Crippen molar-refractivity contribution < 1.29 is 98.1 Å². The molecule has 0 radical (unpaired) electrons. The van der Waals surface area contributed by atoms with E-state index in [4.69, 9.17) is 71.5 Å². The molecule has 0 heterocycles. The topological polar surface area (TPSA) is 317 Å². The predicted molar refractivity (Wildman–Crippen MR) is 89.5 cm³/mol. The molecule has 31 heavy (non-hydrogen) atoms. The summed E-state index contributed by atoms with van der Waals surface area (Å²) in [5.74, 6) is -3.57. The molecule has 0 aliphatic carbocycles. The Labute approximate surface area is 185 Å². The van der Waals surface area contributed by atoms with Gasteiger partial charge in [0.15, 0.2) is 12.2 Å². The fourth-order valence-electron chi connectivity index (χ4n) is 1.74. The zero-order valence-corrected chi connectivity index (χ0v) is 16.7. The Morgan fingerprint density at radius 3 is 0.871 bits per heavy atom. The van der Waals surface area contributed by atoms with Gasteiger partial charge in [0.1, 0.15) is 48.8 Å². The molecule has 0 amide bonds. The first-order valence-electron chi connectivity index (χ1n) is 8.13. The molecule has 0 rings (SSSR count). The Bertz CT molecular complexity index is 465. The van der Waals surface area contributed by atoms with E-state index in [1.54, 1.807) is 0 Å². The number of hydrogen-bond donors (Lipinski definition) is 14. The molecule has 0 spiro atoms. The largest absolute Gasteiger partial charge is 2.00 e. The molecule has 0 aliphatic rings. The maximum absolute atomic E-state index is 10.2. The normalized spacial score (nSPS) is 20.8. The molecule has 10 atom stereocenters. The van der Waals surface area contributed by atoms with Crippen LogP contribution in [0.15, 0.2) is 0 Å². The molecule has 0 saturated carbocycles. The molecule has 0 aromatic rings. The van der Waals surface area contributed by atoms with Gasteiger partial charge in [-0.25, -0.2) is 9.59 Å². The molecule has 14 N–H and O–H groups in total. The zero-order chi connectivity index (χ0) is 24.3. The van der Waals surface area contributed by atoms with Crippen LogP contribution in [0, 0.1) is 0 Å². The molecule has 10 unspecified atom stereocenters. The van der Waals surface area contributed by atoms with E-state index >= 15 is 0 Å². The molecule has 16 nitrogen and oxygen atoms in total. The Balaban J connectivity index is -0.000000490. The first-order chi connectivity index (χ1) is 13.6. The number of carbonyl (C=O) groups is 2. The second kappa shape index (κ2) is 16.6. The van der Waals surface area contributed by atoms with Crippen LogP contribution in [0.4, 0.5) is 0 Å². The summed E-state index contributed by atoms with van der Waals surface area (Å²) < 4.78 is 0. The van der Waals surface area contributed by atoms with Crippen molar-refractivity contribution in [2.45, 2.75) is 61.0 Å². The first-order valence-corrected chi connectivity index (χ1v) is 8.13. The summed E-state index contributed by atoms with van der Waals surface area (Å²) in [5, 5.41) is 123. The van der Waals surface area contributed by atoms with Crippen LogP contribution in [0.3, 0.4) is 0 Å². The fraction of sp³-hybridized carbons (Fsp3) is 0.857. The maximum atomic E-state index is 10.2. The quantitative estimate of drug-likeness (QED) is 0.109. The van der Waals surface area contributed by atoms with Gasteiger partial charge in [0.2, 0.25) is 0 Å². The average Bonchev–Trinajstić information content (AvgIpc) is 2.73. The van der Waals surface area contributed by atoms with E-state index in [9.17, 15) is 9.59 Å². The van der Waals surface area contributed by atoms with Gasteiger partial charge in [-0.1, -0.05) is 0 Å². The number of carboxylic acid groups (broad SMARTS) is 2. The Hall–Kier alpha value is -1.02. The van der Waals surface area contributed by atoms with Crippen molar-refractivity contribution in [1.82, 2.24) is 0 Å². The second-order valence-electron chi connectivity index (χ2n) is 6.01. The molecule has 0 bridgehead atoms. The Kier molecular flexibility index (Phi) is 18.5. The summed E-state index contributed by atoms with van der Waals surface area (Å²) in [5.41, 5.74) is 0. The third-order valence-electron chi connectivity index (χ3n) is 3.72. The van der Waals surface area contributed by atoms with E-state index in [0.29, 0.717) is 0 Å². The van der Waals surface area contributed by atoms with Gasteiger partial charge in [-0.2, -0.15) is 0 Å². The summed E-state index contributed by atoms with van der Waals surface area (Å²) in [6, 6.07) is 0. The van der Waals surface area contributed by atoms with Crippen molar-refractivity contribution >= 4 is 11.9 Å². The summed E-state index contributed by atoms with van der Waals surface area (Å²) >= 11 is 0. The van der Waals surface area contributed by atoms with E-state index in [1.165, 1.54) is 0 Å². The van der Waals surface area contributed by atoms with Gasteiger partial charge >= 0.3 is 29.0 Å².